The van der Waals surface area contributed by atoms with Crippen LogP contribution in [0.15, 0.2) is 12.2 Å². The Hall–Kier alpha value is -1.85. The highest BCUT2D eigenvalue weighted by Gasteiger charge is 2.20. The molecule has 0 spiro atoms. The highest BCUT2D eigenvalue weighted by Crippen LogP contribution is 2.20. The lowest BCUT2D eigenvalue weighted by Crippen LogP contribution is -2.30. The van der Waals surface area contributed by atoms with Gasteiger partial charge in [-0.15, -0.1) is 0 Å². The predicted octanol–water partition coefficient (Wildman–Crippen LogP) is 25.6. The third-order valence-electron chi connectivity index (χ3n) is 17.3. The lowest BCUT2D eigenvalue weighted by Gasteiger charge is -2.18. The fourth-order valence-corrected chi connectivity index (χ4v) is 11.7. The number of rotatable bonds is 70. The van der Waals surface area contributed by atoms with Crippen LogP contribution in [0.3, 0.4) is 0 Å². The zero-order valence-electron chi connectivity index (χ0n) is 55.4. The summed E-state index contributed by atoms with van der Waals surface area (Å²) >= 11 is 0. The number of esters is 3. The molecule has 0 saturated carbocycles. The molecule has 1 unspecified atom stereocenters. The molecule has 0 aliphatic heterocycles. The van der Waals surface area contributed by atoms with Gasteiger partial charge in [-0.1, -0.05) is 380 Å². The molecule has 0 aliphatic carbocycles. The van der Waals surface area contributed by atoms with E-state index in [1.165, 1.54) is 327 Å². The Morgan fingerprint density at radius 1 is 0.235 bits per heavy atom. The van der Waals surface area contributed by atoms with Crippen LogP contribution in [0.5, 0.6) is 0 Å². The lowest BCUT2D eigenvalue weighted by molar-refractivity contribution is -0.167. The van der Waals surface area contributed by atoms with Gasteiger partial charge in [0.25, 0.3) is 0 Å². The van der Waals surface area contributed by atoms with Crippen molar-refractivity contribution in [3.8, 4) is 0 Å². The van der Waals surface area contributed by atoms with Crippen LogP contribution in [0.2, 0.25) is 0 Å². The topological polar surface area (TPSA) is 78.9 Å². The van der Waals surface area contributed by atoms with Gasteiger partial charge in [0.15, 0.2) is 6.10 Å². The number of hydrogen-bond acceptors (Lipinski definition) is 6. The van der Waals surface area contributed by atoms with Gasteiger partial charge in [-0.2, -0.15) is 0 Å². The zero-order valence-corrected chi connectivity index (χ0v) is 55.4. The minimum atomic E-state index is -0.770. The fraction of sp³-hybridized carbons (Fsp3) is 0.933. The Balaban J connectivity index is 4.17. The summed E-state index contributed by atoms with van der Waals surface area (Å²) in [4.78, 5) is 38.5. The minimum absolute atomic E-state index is 0.0655. The van der Waals surface area contributed by atoms with E-state index < -0.39 is 6.10 Å². The van der Waals surface area contributed by atoms with Crippen molar-refractivity contribution in [2.24, 2.45) is 0 Å². The molecule has 6 nitrogen and oxygen atoms in total. The largest absolute Gasteiger partial charge is 0.462 e. The molecule has 0 aromatic carbocycles. The molecule has 480 valence electrons. The summed E-state index contributed by atoms with van der Waals surface area (Å²) in [6.45, 7) is 6.72. The first-order valence-electron chi connectivity index (χ1n) is 37.2. The molecule has 6 heteroatoms. The van der Waals surface area contributed by atoms with E-state index in [0.29, 0.717) is 19.3 Å². The maximum atomic E-state index is 13.0. The minimum Gasteiger partial charge on any atom is -0.462 e. The van der Waals surface area contributed by atoms with Crippen molar-refractivity contribution in [3.05, 3.63) is 12.2 Å². The molecule has 0 heterocycles. The summed E-state index contributed by atoms with van der Waals surface area (Å²) in [5.74, 6) is -0.837. The Labute approximate surface area is 507 Å². The lowest BCUT2D eigenvalue weighted by atomic mass is 10.0. The summed E-state index contributed by atoms with van der Waals surface area (Å²) in [6, 6.07) is 0. The first kappa shape index (κ1) is 79.2. The summed E-state index contributed by atoms with van der Waals surface area (Å²) < 4.78 is 17.0. The van der Waals surface area contributed by atoms with E-state index in [1.807, 2.05) is 0 Å². The monoisotopic (exact) mass is 1140 g/mol. The third kappa shape index (κ3) is 68.8. The molecule has 0 aliphatic rings. The number of ether oxygens (including phenoxy) is 3. The first-order valence-corrected chi connectivity index (χ1v) is 37.2. The second kappa shape index (κ2) is 70.6. The molecule has 1 atom stereocenters. The van der Waals surface area contributed by atoms with E-state index in [1.54, 1.807) is 0 Å². The second-order valence-electron chi connectivity index (χ2n) is 25.6. The molecular weight excluding hydrogens is 997 g/mol. The predicted molar refractivity (Wildman–Crippen MR) is 353 cm³/mol. The number of carbonyl (C=O) groups is 3. The summed E-state index contributed by atoms with van der Waals surface area (Å²) in [5, 5.41) is 0. The van der Waals surface area contributed by atoms with E-state index in [2.05, 4.69) is 32.9 Å². The van der Waals surface area contributed by atoms with Gasteiger partial charge in [-0.25, -0.2) is 0 Å². The molecule has 81 heavy (non-hydrogen) atoms. The zero-order chi connectivity index (χ0) is 58.5. The number of hydrogen-bond donors (Lipinski definition) is 0. The van der Waals surface area contributed by atoms with Crippen molar-refractivity contribution in [2.45, 2.75) is 438 Å². The Morgan fingerprint density at radius 3 is 0.630 bits per heavy atom. The maximum absolute atomic E-state index is 13.0. The number of allylic oxidation sites excluding steroid dienone is 2. The van der Waals surface area contributed by atoms with E-state index in [9.17, 15) is 14.4 Å². The summed E-state index contributed by atoms with van der Waals surface area (Å²) in [6.07, 6.45) is 85.5. The molecule has 0 aromatic rings. The van der Waals surface area contributed by atoms with E-state index in [0.717, 1.165) is 64.2 Å². The van der Waals surface area contributed by atoms with Gasteiger partial charge in [0.2, 0.25) is 0 Å². The Morgan fingerprint density at radius 2 is 0.407 bits per heavy atom. The Kier molecular flexibility index (Phi) is 69.0. The normalized spacial score (nSPS) is 12.0. The van der Waals surface area contributed by atoms with Crippen LogP contribution in [0.4, 0.5) is 0 Å². The molecule has 0 saturated heterocycles. The molecule has 0 aromatic heterocycles. The molecule has 0 bridgehead atoms. The number of carbonyl (C=O) groups excluding carboxylic acids is 3. The highest BCUT2D eigenvalue weighted by molar-refractivity contribution is 5.71. The molecule has 0 N–H and O–H groups in total. The van der Waals surface area contributed by atoms with E-state index in [-0.39, 0.29) is 31.1 Å². The fourth-order valence-electron chi connectivity index (χ4n) is 11.7. The van der Waals surface area contributed by atoms with Crippen LogP contribution in [0.1, 0.15) is 432 Å². The van der Waals surface area contributed by atoms with Crippen LogP contribution in [0, 0.1) is 0 Å². The molecule has 0 fully saturated rings. The average Bonchev–Trinajstić information content (AvgIpc) is 3.46. The highest BCUT2D eigenvalue weighted by atomic mass is 16.6. The quantitative estimate of drug-likeness (QED) is 0.0261. The molecule has 0 radical (unpaired) electrons. The van der Waals surface area contributed by atoms with Gasteiger partial charge in [0.05, 0.1) is 0 Å². The smallest absolute Gasteiger partial charge is 0.306 e. The molecule has 0 amide bonds. The van der Waals surface area contributed by atoms with Crippen molar-refractivity contribution in [3.63, 3.8) is 0 Å². The second-order valence-corrected chi connectivity index (χ2v) is 25.6. The van der Waals surface area contributed by atoms with Crippen LogP contribution in [-0.4, -0.2) is 37.2 Å². The van der Waals surface area contributed by atoms with E-state index >= 15 is 0 Å². The first-order chi connectivity index (χ1) is 40.0. The van der Waals surface area contributed by atoms with Crippen LogP contribution in [0.25, 0.3) is 0 Å². The van der Waals surface area contributed by atoms with Crippen LogP contribution in [-0.2, 0) is 28.6 Å². The summed E-state index contributed by atoms with van der Waals surface area (Å²) in [5.41, 5.74) is 0. The molecular formula is C75H144O6. The van der Waals surface area contributed by atoms with Gasteiger partial charge in [0, 0.05) is 19.3 Å². The SMILES string of the molecule is CCCCCC/C=C\CCCCCCCC(=O)OCC(COC(=O)CCCCCCCCCCCCCCCCCCCCCCCCCCCCC)OC(=O)CCCCCCCCCCCCCCCCCCCCCCCCC. The maximum Gasteiger partial charge on any atom is 0.306 e. The Bertz CT molecular complexity index is 1260. The average molecular weight is 1140 g/mol. The summed E-state index contributed by atoms with van der Waals surface area (Å²) in [7, 11) is 0. The van der Waals surface area contributed by atoms with Gasteiger partial charge in [-0.3, -0.25) is 14.4 Å². The van der Waals surface area contributed by atoms with Gasteiger partial charge >= 0.3 is 17.9 Å². The number of unbranched alkanes of at least 4 members (excludes halogenated alkanes) is 57. The van der Waals surface area contributed by atoms with Gasteiger partial charge in [0.1, 0.15) is 13.2 Å². The molecule has 0 rings (SSSR count). The van der Waals surface area contributed by atoms with Crippen molar-refractivity contribution in [1.82, 2.24) is 0 Å². The van der Waals surface area contributed by atoms with Gasteiger partial charge in [-0.05, 0) is 44.9 Å². The van der Waals surface area contributed by atoms with Crippen molar-refractivity contribution < 1.29 is 28.6 Å². The standard InChI is InChI=1S/C75H144O6/c1-4-7-10-13-16-19-22-25-27-29-31-33-35-36-37-38-40-41-43-45-47-50-53-56-59-62-65-68-74(77)80-71-72(70-79-73(76)67-64-61-58-55-52-49-24-21-18-15-12-9-6-3)81-75(78)69-66-63-60-57-54-51-48-46-44-42-39-34-32-30-28-26-23-20-17-14-11-8-5-2/h21,24,72H,4-20,22-23,25-71H2,1-3H3/b24-21-. The van der Waals surface area contributed by atoms with Crippen molar-refractivity contribution in [2.75, 3.05) is 13.2 Å². The van der Waals surface area contributed by atoms with Gasteiger partial charge < -0.3 is 14.2 Å². The van der Waals surface area contributed by atoms with Crippen molar-refractivity contribution >= 4 is 17.9 Å². The van der Waals surface area contributed by atoms with E-state index in [4.69, 9.17) is 14.2 Å². The van der Waals surface area contributed by atoms with Crippen LogP contribution < -0.4 is 0 Å². The van der Waals surface area contributed by atoms with Crippen molar-refractivity contribution in [1.29, 1.82) is 0 Å². The third-order valence-corrected chi connectivity index (χ3v) is 17.3. The van der Waals surface area contributed by atoms with Crippen LogP contribution >= 0.6 is 0 Å².